The number of nitrogens with zero attached hydrogens (tertiary/aromatic N) is 3. The molecule has 42 heavy (non-hydrogen) atoms. The van der Waals surface area contributed by atoms with Crippen molar-refractivity contribution in [2.24, 2.45) is 26.8 Å². The highest BCUT2D eigenvalue weighted by atomic mass is 16.4. The van der Waals surface area contributed by atoms with E-state index >= 15 is 0 Å². The standard InChI is InChI=1S/C33H34N4O5/c1-7-19-15(3)23-11-25-17(5)21(9-10-29(39)40)31(36-25)22(14-38)32-30(33(41)42)18(6)26(37-32)13-28-20(8-2)16(4)24(35-28)12-27(19)34-23/h7,11-14,17,21,34,38H,1,8-10H2,2-6H3,(H,39,40)(H,41,42)/b22-14+,24-12?,25-11?,26-13?/t17-,21-/m0/s1. The maximum atomic E-state index is 12.5. The van der Waals surface area contributed by atoms with Gasteiger partial charge in [-0.05, 0) is 74.1 Å². The lowest BCUT2D eigenvalue weighted by Gasteiger charge is -2.19. The van der Waals surface area contributed by atoms with Crippen LogP contribution < -0.4 is 0 Å². The van der Waals surface area contributed by atoms with Crippen LogP contribution in [-0.4, -0.2) is 49.4 Å². The second-order valence-corrected chi connectivity index (χ2v) is 10.9. The second kappa shape index (κ2) is 10.9. The van der Waals surface area contributed by atoms with Crippen molar-refractivity contribution >= 4 is 47.3 Å². The summed E-state index contributed by atoms with van der Waals surface area (Å²) >= 11 is 0. The van der Waals surface area contributed by atoms with Crippen molar-refractivity contribution < 1.29 is 24.9 Å². The van der Waals surface area contributed by atoms with Crippen molar-refractivity contribution in [2.45, 2.75) is 53.9 Å². The normalized spacial score (nSPS) is 22.5. The van der Waals surface area contributed by atoms with E-state index in [0.717, 1.165) is 45.6 Å². The number of aliphatic carboxylic acids is 2. The predicted molar refractivity (Wildman–Crippen MR) is 166 cm³/mol. The molecular weight excluding hydrogens is 532 g/mol. The lowest BCUT2D eigenvalue weighted by atomic mass is 9.82. The van der Waals surface area contributed by atoms with Crippen LogP contribution in [0.1, 0.15) is 69.5 Å². The van der Waals surface area contributed by atoms with Crippen LogP contribution in [0.25, 0.3) is 18.2 Å². The smallest absolute Gasteiger partial charge is 0.338 e. The molecule has 0 radical (unpaired) electrons. The fourth-order valence-corrected chi connectivity index (χ4v) is 6.19. The largest absolute Gasteiger partial charge is 0.515 e. The molecule has 1 aromatic rings. The molecule has 5 rings (SSSR count). The van der Waals surface area contributed by atoms with Gasteiger partial charge in [0.2, 0.25) is 0 Å². The Hall–Kier alpha value is -4.79. The van der Waals surface area contributed by atoms with Gasteiger partial charge in [0.1, 0.15) is 0 Å². The van der Waals surface area contributed by atoms with E-state index in [0.29, 0.717) is 34.8 Å². The number of aliphatic hydroxyl groups excluding tert-OH is 1. The Morgan fingerprint density at radius 3 is 2.36 bits per heavy atom. The summed E-state index contributed by atoms with van der Waals surface area (Å²) in [6.07, 6.45) is 9.23. The Kier molecular flexibility index (Phi) is 7.45. The SMILES string of the molecule is C=Cc1c2[nH]c(c1C)C=C1N=C(/C(=C\O)C3=NC(=CC4=NC(=C2)C(C)=C4CC)C(C)=C3C(=O)O)[C@@H](CCC(=O)O)[C@@H]1C. The molecule has 4 N–H and O–H groups in total. The zero-order valence-corrected chi connectivity index (χ0v) is 24.4. The van der Waals surface area contributed by atoms with Gasteiger partial charge in [-0.15, -0.1) is 0 Å². The number of nitrogens with one attached hydrogen (secondary N) is 1. The van der Waals surface area contributed by atoms with E-state index in [-0.39, 0.29) is 41.5 Å². The molecule has 0 saturated carbocycles. The summed E-state index contributed by atoms with van der Waals surface area (Å²) in [6, 6.07) is 0. The fraction of sp³-hybridized carbons (Fsp3) is 0.303. The highest BCUT2D eigenvalue weighted by Crippen LogP contribution is 2.41. The molecular formula is C33H34N4O5. The summed E-state index contributed by atoms with van der Waals surface area (Å²) in [4.78, 5) is 42.2. The van der Waals surface area contributed by atoms with Gasteiger partial charge in [0.05, 0.1) is 45.9 Å². The molecule has 216 valence electrons. The van der Waals surface area contributed by atoms with Crippen LogP contribution in [-0.2, 0) is 9.59 Å². The number of hydrogen-bond acceptors (Lipinski definition) is 6. The maximum absolute atomic E-state index is 12.5. The monoisotopic (exact) mass is 566 g/mol. The third-order valence-corrected chi connectivity index (χ3v) is 8.60. The summed E-state index contributed by atoms with van der Waals surface area (Å²) < 4.78 is 0. The predicted octanol–water partition coefficient (Wildman–Crippen LogP) is 6.60. The summed E-state index contributed by atoms with van der Waals surface area (Å²) in [5.74, 6) is -2.73. The highest BCUT2D eigenvalue weighted by Gasteiger charge is 2.39. The topological polar surface area (TPSA) is 148 Å². The molecule has 4 aliphatic rings. The van der Waals surface area contributed by atoms with Gasteiger partial charge in [0, 0.05) is 40.9 Å². The fourth-order valence-electron chi connectivity index (χ4n) is 6.19. The van der Waals surface area contributed by atoms with E-state index < -0.39 is 11.9 Å². The van der Waals surface area contributed by atoms with Crippen LogP contribution in [0.2, 0.25) is 0 Å². The average Bonchev–Trinajstić information content (AvgIpc) is 3.61. The van der Waals surface area contributed by atoms with Gasteiger partial charge in [-0.2, -0.15) is 0 Å². The van der Waals surface area contributed by atoms with Gasteiger partial charge in [0.25, 0.3) is 0 Å². The lowest BCUT2D eigenvalue weighted by Crippen LogP contribution is -2.25. The molecule has 0 aliphatic carbocycles. The molecule has 4 aliphatic heterocycles. The molecule has 9 heteroatoms. The number of aromatic nitrogens is 1. The van der Waals surface area contributed by atoms with Gasteiger partial charge in [-0.25, -0.2) is 14.8 Å². The Bertz CT molecular complexity index is 1730. The Morgan fingerprint density at radius 1 is 1.02 bits per heavy atom. The van der Waals surface area contributed by atoms with E-state index in [1.807, 2.05) is 39.8 Å². The minimum Gasteiger partial charge on any atom is -0.515 e. The second-order valence-electron chi connectivity index (χ2n) is 10.9. The van der Waals surface area contributed by atoms with Crippen molar-refractivity contribution in [3.63, 3.8) is 0 Å². The Labute approximate surface area is 244 Å². The van der Waals surface area contributed by atoms with Gasteiger partial charge in [-0.1, -0.05) is 26.5 Å². The maximum Gasteiger partial charge on any atom is 0.338 e. The Morgan fingerprint density at radius 2 is 1.74 bits per heavy atom. The van der Waals surface area contributed by atoms with E-state index in [4.69, 9.17) is 15.0 Å². The van der Waals surface area contributed by atoms with Crippen LogP contribution in [0, 0.1) is 18.8 Å². The number of fused-ring (bicyclic) bond motifs is 5. The average molecular weight is 567 g/mol. The number of carboxylic acids is 2. The van der Waals surface area contributed by atoms with Gasteiger partial charge in [-0.3, -0.25) is 9.79 Å². The molecule has 2 atom stereocenters. The Balaban J connectivity index is 1.84. The summed E-state index contributed by atoms with van der Waals surface area (Å²) in [5, 5.41) is 30.3. The number of allylic oxidation sites excluding steroid dienone is 6. The quantitative estimate of drug-likeness (QED) is 0.287. The number of carbonyl (C=O) groups is 2. The molecule has 0 fully saturated rings. The number of hydrogen-bond donors (Lipinski definition) is 4. The first-order chi connectivity index (χ1) is 20.0. The molecule has 9 nitrogen and oxygen atoms in total. The first-order valence-electron chi connectivity index (χ1n) is 14.0. The molecule has 0 unspecified atom stereocenters. The molecule has 5 heterocycles. The molecule has 8 bridgehead atoms. The zero-order valence-electron chi connectivity index (χ0n) is 24.4. The number of aliphatic hydroxyl groups is 1. The van der Waals surface area contributed by atoms with E-state index in [9.17, 15) is 24.9 Å². The van der Waals surface area contributed by atoms with Crippen LogP contribution >= 0.6 is 0 Å². The van der Waals surface area contributed by atoms with Crippen LogP contribution in [0.3, 0.4) is 0 Å². The zero-order chi connectivity index (χ0) is 30.5. The molecule has 0 aromatic carbocycles. The first-order valence-corrected chi connectivity index (χ1v) is 14.0. The third kappa shape index (κ3) is 4.64. The lowest BCUT2D eigenvalue weighted by molar-refractivity contribution is -0.137. The summed E-state index contributed by atoms with van der Waals surface area (Å²) in [6.45, 7) is 13.7. The van der Waals surface area contributed by atoms with E-state index in [2.05, 4.69) is 11.6 Å². The number of aliphatic imine (C=N–C) groups is 3. The molecule has 0 amide bonds. The van der Waals surface area contributed by atoms with Crippen LogP contribution in [0.5, 0.6) is 0 Å². The summed E-state index contributed by atoms with van der Waals surface area (Å²) in [7, 11) is 0. The number of H-pyrrole nitrogens is 1. The van der Waals surface area contributed by atoms with Crippen molar-refractivity contribution in [3.05, 3.63) is 86.4 Å². The number of carboxylic acid groups (broad SMARTS) is 2. The molecule has 0 spiro atoms. The third-order valence-electron chi connectivity index (χ3n) is 8.60. The van der Waals surface area contributed by atoms with Crippen molar-refractivity contribution in [1.29, 1.82) is 0 Å². The first kappa shape index (κ1) is 28.7. The van der Waals surface area contributed by atoms with Crippen molar-refractivity contribution in [3.8, 4) is 0 Å². The highest BCUT2D eigenvalue weighted by molar-refractivity contribution is 6.39. The van der Waals surface area contributed by atoms with Crippen LogP contribution in [0.15, 0.2) is 78.9 Å². The summed E-state index contributed by atoms with van der Waals surface area (Å²) in [5.41, 5.74) is 9.31. The number of rotatable bonds is 6. The van der Waals surface area contributed by atoms with Gasteiger partial charge < -0.3 is 20.3 Å². The van der Waals surface area contributed by atoms with Crippen LogP contribution in [0.4, 0.5) is 0 Å². The van der Waals surface area contributed by atoms with E-state index in [1.165, 1.54) is 0 Å². The van der Waals surface area contributed by atoms with Crippen molar-refractivity contribution in [2.75, 3.05) is 0 Å². The van der Waals surface area contributed by atoms with Gasteiger partial charge >= 0.3 is 11.9 Å². The molecule has 1 aromatic heterocycles. The van der Waals surface area contributed by atoms with Crippen molar-refractivity contribution in [1.82, 2.24) is 4.98 Å². The van der Waals surface area contributed by atoms with Gasteiger partial charge in [0.15, 0.2) is 0 Å². The minimum absolute atomic E-state index is 0.0381. The van der Waals surface area contributed by atoms with E-state index in [1.54, 1.807) is 19.1 Å². The molecule has 0 saturated heterocycles. The number of aromatic amines is 1. The minimum atomic E-state index is -1.18.